The molecule has 2 amide bonds. The molecule has 3 rings (SSSR count). The predicted octanol–water partition coefficient (Wildman–Crippen LogP) is 3.25. The Labute approximate surface area is 156 Å². The molecule has 0 radical (unpaired) electrons. The van der Waals surface area contributed by atoms with Gasteiger partial charge in [-0.3, -0.25) is 14.6 Å². The SMILES string of the molecule is CCC(C)(C)C(=O)N1CCC[C@@]2(CCC(=O)N(Cc3ccncc3)C2)C1. The molecule has 0 bridgehead atoms. The van der Waals surface area contributed by atoms with E-state index in [1.54, 1.807) is 12.4 Å². The van der Waals surface area contributed by atoms with Crippen molar-refractivity contribution in [3.63, 3.8) is 0 Å². The Morgan fingerprint density at radius 3 is 2.65 bits per heavy atom. The fourth-order valence-corrected chi connectivity index (χ4v) is 4.25. The van der Waals surface area contributed by atoms with Gasteiger partial charge in [0.05, 0.1) is 0 Å². The molecule has 0 aromatic carbocycles. The van der Waals surface area contributed by atoms with Crippen LogP contribution in [0.5, 0.6) is 0 Å². The molecule has 2 aliphatic rings. The molecule has 142 valence electrons. The Bertz CT molecular complexity index is 658. The summed E-state index contributed by atoms with van der Waals surface area (Å²) in [5.74, 6) is 0.487. The summed E-state index contributed by atoms with van der Waals surface area (Å²) in [4.78, 5) is 33.5. The lowest BCUT2D eigenvalue weighted by Crippen LogP contribution is -2.56. The third kappa shape index (κ3) is 3.92. The number of amides is 2. The van der Waals surface area contributed by atoms with E-state index in [9.17, 15) is 9.59 Å². The Balaban J connectivity index is 1.72. The number of nitrogens with zero attached hydrogens (tertiary/aromatic N) is 3. The number of hydrogen-bond donors (Lipinski definition) is 0. The highest BCUT2D eigenvalue weighted by atomic mass is 16.2. The van der Waals surface area contributed by atoms with Gasteiger partial charge in [-0.25, -0.2) is 0 Å². The molecule has 0 saturated carbocycles. The monoisotopic (exact) mass is 357 g/mol. The maximum absolute atomic E-state index is 13.0. The van der Waals surface area contributed by atoms with Gasteiger partial charge in [0.1, 0.15) is 0 Å². The summed E-state index contributed by atoms with van der Waals surface area (Å²) in [7, 11) is 0. The zero-order valence-corrected chi connectivity index (χ0v) is 16.3. The highest BCUT2D eigenvalue weighted by Crippen LogP contribution is 2.40. The highest BCUT2D eigenvalue weighted by molar-refractivity contribution is 5.82. The fraction of sp³-hybridized carbons (Fsp3) is 0.667. The largest absolute Gasteiger partial charge is 0.342 e. The van der Waals surface area contributed by atoms with E-state index < -0.39 is 0 Å². The van der Waals surface area contributed by atoms with Gasteiger partial charge in [-0.05, 0) is 43.4 Å². The lowest BCUT2D eigenvalue weighted by Gasteiger charge is -2.49. The maximum atomic E-state index is 13.0. The van der Waals surface area contributed by atoms with E-state index in [2.05, 4.69) is 16.8 Å². The number of hydrogen-bond acceptors (Lipinski definition) is 3. The van der Waals surface area contributed by atoms with Crippen molar-refractivity contribution in [3.05, 3.63) is 30.1 Å². The van der Waals surface area contributed by atoms with Gasteiger partial charge in [-0.15, -0.1) is 0 Å². The standard InChI is InChI=1S/C21H31N3O2/c1-4-20(2,3)19(26)23-13-5-9-21(15-23)10-6-18(25)24(16-21)14-17-7-11-22-12-8-17/h7-8,11-12H,4-6,9-10,13-16H2,1-3H3/t21-/m1/s1. The predicted molar refractivity (Wildman–Crippen MR) is 101 cm³/mol. The highest BCUT2D eigenvalue weighted by Gasteiger charge is 2.44. The minimum atomic E-state index is -0.306. The van der Waals surface area contributed by atoms with Crippen molar-refractivity contribution in [2.24, 2.45) is 10.8 Å². The van der Waals surface area contributed by atoms with Crippen molar-refractivity contribution in [2.75, 3.05) is 19.6 Å². The molecule has 2 saturated heterocycles. The van der Waals surface area contributed by atoms with Crippen molar-refractivity contribution >= 4 is 11.8 Å². The third-order valence-electron chi connectivity index (χ3n) is 6.28. The van der Waals surface area contributed by atoms with E-state index in [-0.39, 0.29) is 22.6 Å². The first-order valence-electron chi connectivity index (χ1n) is 9.81. The van der Waals surface area contributed by atoms with E-state index in [0.717, 1.165) is 50.9 Å². The molecular weight excluding hydrogens is 326 g/mol. The lowest BCUT2D eigenvalue weighted by atomic mass is 9.73. The van der Waals surface area contributed by atoms with E-state index in [1.165, 1.54) is 0 Å². The molecule has 1 aromatic heterocycles. The van der Waals surface area contributed by atoms with Crippen LogP contribution in [0.3, 0.4) is 0 Å². The first-order valence-corrected chi connectivity index (χ1v) is 9.81. The minimum absolute atomic E-state index is 0.0542. The molecule has 1 spiro atoms. The number of rotatable bonds is 4. The summed E-state index contributed by atoms with van der Waals surface area (Å²) < 4.78 is 0. The number of carbonyl (C=O) groups is 2. The van der Waals surface area contributed by atoms with Crippen LogP contribution >= 0.6 is 0 Å². The zero-order chi connectivity index (χ0) is 18.8. The average molecular weight is 357 g/mol. The van der Waals surface area contributed by atoms with E-state index in [0.29, 0.717) is 13.0 Å². The summed E-state index contributed by atoms with van der Waals surface area (Å²) in [5, 5.41) is 0. The van der Waals surface area contributed by atoms with Gasteiger partial charge in [0.25, 0.3) is 0 Å². The van der Waals surface area contributed by atoms with Crippen molar-refractivity contribution in [1.29, 1.82) is 0 Å². The van der Waals surface area contributed by atoms with Gasteiger partial charge in [0, 0.05) is 55.8 Å². The molecule has 5 heteroatoms. The Hall–Kier alpha value is -1.91. The van der Waals surface area contributed by atoms with Crippen LogP contribution in [0, 0.1) is 10.8 Å². The Morgan fingerprint density at radius 2 is 1.96 bits per heavy atom. The lowest BCUT2D eigenvalue weighted by molar-refractivity contribution is -0.148. The average Bonchev–Trinajstić information content (AvgIpc) is 2.65. The quantitative estimate of drug-likeness (QED) is 0.831. The first kappa shape index (κ1) is 18.9. The van der Waals surface area contributed by atoms with Gasteiger partial charge in [0.15, 0.2) is 0 Å². The normalized spacial score (nSPS) is 24.2. The molecule has 1 aromatic rings. The van der Waals surface area contributed by atoms with Crippen LogP contribution in [-0.2, 0) is 16.1 Å². The van der Waals surface area contributed by atoms with Crippen molar-refractivity contribution < 1.29 is 9.59 Å². The molecule has 3 heterocycles. The van der Waals surface area contributed by atoms with Gasteiger partial charge in [-0.1, -0.05) is 20.8 Å². The van der Waals surface area contributed by atoms with E-state index in [1.807, 2.05) is 30.9 Å². The summed E-state index contributed by atoms with van der Waals surface area (Å²) in [6.07, 6.45) is 8.01. The fourth-order valence-electron chi connectivity index (χ4n) is 4.25. The molecule has 0 N–H and O–H groups in total. The van der Waals surface area contributed by atoms with Crippen molar-refractivity contribution in [2.45, 2.75) is 59.4 Å². The van der Waals surface area contributed by atoms with Crippen molar-refractivity contribution in [1.82, 2.24) is 14.8 Å². The molecule has 0 aliphatic carbocycles. The molecule has 26 heavy (non-hydrogen) atoms. The van der Waals surface area contributed by atoms with Crippen LogP contribution in [0.1, 0.15) is 58.4 Å². The number of likely N-dealkylation sites (tertiary alicyclic amines) is 2. The second kappa shape index (κ2) is 7.37. The molecule has 2 fully saturated rings. The molecular formula is C21H31N3O2. The topological polar surface area (TPSA) is 53.5 Å². The molecule has 1 atom stereocenters. The van der Waals surface area contributed by atoms with Gasteiger partial charge in [-0.2, -0.15) is 0 Å². The summed E-state index contributed by atoms with van der Waals surface area (Å²) in [5.41, 5.74) is 0.861. The van der Waals surface area contributed by atoms with Crippen LogP contribution in [0.25, 0.3) is 0 Å². The Morgan fingerprint density at radius 1 is 1.23 bits per heavy atom. The number of carbonyl (C=O) groups excluding carboxylic acids is 2. The number of pyridine rings is 1. The van der Waals surface area contributed by atoms with E-state index in [4.69, 9.17) is 0 Å². The second-order valence-corrected chi connectivity index (χ2v) is 8.67. The third-order valence-corrected chi connectivity index (χ3v) is 6.28. The van der Waals surface area contributed by atoms with Gasteiger partial charge >= 0.3 is 0 Å². The number of aromatic nitrogens is 1. The maximum Gasteiger partial charge on any atom is 0.228 e. The van der Waals surface area contributed by atoms with Crippen molar-refractivity contribution in [3.8, 4) is 0 Å². The summed E-state index contributed by atoms with van der Waals surface area (Å²) in [6, 6.07) is 3.93. The Kier molecular flexibility index (Phi) is 5.35. The van der Waals surface area contributed by atoms with E-state index >= 15 is 0 Å². The van der Waals surface area contributed by atoms with Gasteiger partial charge < -0.3 is 9.80 Å². The van der Waals surface area contributed by atoms with Crippen LogP contribution in [0.2, 0.25) is 0 Å². The summed E-state index contributed by atoms with van der Waals surface area (Å²) in [6.45, 7) is 9.18. The molecule has 2 aliphatic heterocycles. The minimum Gasteiger partial charge on any atom is -0.342 e. The van der Waals surface area contributed by atoms with Gasteiger partial charge in [0.2, 0.25) is 11.8 Å². The summed E-state index contributed by atoms with van der Waals surface area (Å²) >= 11 is 0. The number of piperidine rings is 2. The smallest absolute Gasteiger partial charge is 0.228 e. The van der Waals surface area contributed by atoms with Crippen LogP contribution in [-0.4, -0.2) is 46.2 Å². The van der Waals surface area contributed by atoms with Crippen LogP contribution < -0.4 is 0 Å². The zero-order valence-electron chi connectivity index (χ0n) is 16.3. The first-order chi connectivity index (χ1) is 12.4. The van der Waals surface area contributed by atoms with Crippen LogP contribution in [0.4, 0.5) is 0 Å². The second-order valence-electron chi connectivity index (χ2n) is 8.67. The molecule has 5 nitrogen and oxygen atoms in total. The molecule has 0 unspecified atom stereocenters. The van der Waals surface area contributed by atoms with Crippen LogP contribution in [0.15, 0.2) is 24.5 Å².